The lowest BCUT2D eigenvalue weighted by Crippen LogP contribution is -2.15. The van der Waals surface area contributed by atoms with Crippen molar-refractivity contribution in [2.24, 2.45) is 0 Å². The number of hydrogen-bond donors (Lipinski definition) is 2. The van der Waals surface area contributed by atoms with E-state index in [9.17, 15) is 4.79 Å². The first-order chi connectivity index (χ1) is 15.7. The van der Waals surface area contributed by atoms with Crippen molar-refractivity contribution in [3.63, 3.8) is 0 Å². The van der Waals surface area contributed by atoms with Crippen LogP contribution in [0.15, 0.2) is 84.9 Å². The van der Waals surface area contributed by atoms with Crippen molar-refractivity contribution in [2.75, 3.05) is 10.6 Å². The van der Waals surface area contributed by atoms with Gasteiger partial charge in [0.2, 0.25) is 0 Å². The molecule has 1 saturated carbocycles. The highest BCUT2D eigenvalue weighted by Crippen LogP contribution is 2.42. The van der Waals surface area contributed by atoms with Crippen molar-refractivity contribution >= 4 is 17.3 Å². The first-order valence-electron chi connectivity index (χ1n) is 10.9. The zero-order chi connectivity index (χ0) is 21.9. The molecule has 1 fully saturated rings. The molecule has 1 atom stereocenters. The molecule has 0 aliphatic heterocycles. The summed E-state index contributed by atoms with van der Waals surface area (Å²) in [5, 5.41) is 15.0. The van der Waals surface area contributed by atoms with E-state index in [0.717, 1.165) is 35.6 Å². The molecule has 6 nitrogen and oxygen atoms in total. The van der Waals surface area contributed by atoms with Gasteiger partial charge in [0, 0.05) is 23.3 Å². The van der Waals surface area contributed by atoms with Crippen LogP contribution in [0.3, 0.4) is 0 Å². The van der Waals surface area contributed by atoms with E-state index in [2.05, 4.69) is 40.0 Å². The first-order valence-corrected chi connectivity index (χ1v) is 10.9. The van der Waals surface area contributed by atoms with Gasteiger partial charge in [-0.25, -0.2) is 4.68 Å². The Labute approximate surface area is 187 Å². The topological polar surface area (TPSA) is 71.8 Å². The second kappa shape index (κ2) is 8.67. The van der Waals surface area contributed by atoms with Gasteiger partial charge in [-0.3, -0.25) is 4.79 Å². The fraction of sp³-hybridized carbons (Fsp3) is 0.192. The van der Waals surface area contributed by atoms with Gasteiger partial charge in [-0.05, 0) is 61.7 Å². The van der Waals surface area contributed by atoms with E-state index in [-0.39, 0.29) is 11.9 Å². The monoisotopic (exact) mass is 423 g/mol. The van der Waals surface area contributed by atoms with Crippen LogP contribution in [0.5, 0.6) is 0 Å². The molecule has 0 bridgehead atoms. The first kappa shape index (κ1) is 20.0. The third-order valence-electron chi connectivity index (χ3n) is 5.71. The molecule has 32 heavy (non-hydrogen) atoms. The van der Waals surface area contributed by atoms with E-state index in [0.29, 0.717) is 11.6 Å². The number of nitrogens with one attached hydrogen (secondary N) is 2. The van der Waals surface area contributed by atoms with Gasteiger partial charge in [-0.15, -0.1) is 5.10 Å². The van der Waals surface area contributed by atoms with Crippen molar-refractivity contribution in [2.45, 2.75) is 31.7 Å². The van der Waals surface area contributed by atoms with Crippen molar-refractivity contribution in [1.82, 2.24) is 15.0 Å². The molecule has 0 saturated heterocycles. The summed E-state index contributed by atoms with van der Waals surface area (Å²) >= 11 is 0. The Morgan fingerprint density at radius 3 is 2.19 bits per heavy atom. The van der Waals surface area contributed by atoms with Crippen LogP contribution in [0.4, 0.5) is 11.4 Å². The SMILES string of the molecule is CC(Nc1ccc(NC(=O)c2nnn(-c3ccccc3)c2C2CC2)cc1)c1ccccc1. The number of rotatable bonds is 7. The zero-order valence-electron chi connectivity index (χ0n) is 17.9. The molecule has 1 aliphatic carbocycles. The average molecular weight is 424 g/mol. The Morgan fingerprint density at radius 1 is 0.906 bits per heavy atom. The maximum Gasteiger partial charge on any atom is 0.278 e. The Hall–Kier alpha value is -3.93. The quantitative estimate of drug-likeness (QED) is 0.408. The fourth-order valence-corrected chi connectivity index (χ4v) is 3.85. The summed E-state index contributed by atoms with van der Waals surface area (Å²) < 4.78 is 1.80. The van der Waals surface area contributed by atoms with Crippen molar-refractivity contribution in [3.8, 4) is 5.69 Å². The summed E-state index contributed by atoms with van der Waals surface area (Å²) in [7, 11) is 0. The Balaban J connectivity index is 1.30. The molecular weight excluding hydrogens is 398 g/mol. The fourth-order valence-electron chi connectivity index (χ4n) is 3.85. The highest BCUT2D eigenvalue weighted by atomic mass is 16.2. The molecule has 3 aromatic carbocycles. The van der Waals surface area contributed by atoms with Gasteiger partial charge < -0.3 is 10.6 Å². The number of amides is 1. The minimum Gasteiger partial charge on any atom is -0.379 e. The van der Waals surface area contributed by atoms with Gasteiger partial charge in [-0.2, -0.15) is 0 Å². The van der Waals surface area contributed by atoms with E-state index in [4.69, 9.17) is 0 Å². The summed E-state index contributed by atoms with van der Waals surface area (Å²) in [4.78, 5) is 13.0. The van der Waals surface area contributed by atoms with Gasteiger partial charge >= 0.3 is 0 Å². The second-order valence-corrected chi connectivity index (χ2v) is 8.15. The molecule has 1 aliphatic rings. The number of para-hydroxylation sites is 1. The summed E-state index contributed by atoms with van der Waals surface area (Å²) in [6, 6.07) is 28.1. The van der Waals surface area contributed by atoms with Crippen LogP contribution in [-0.4, -0.2) is 20.9 Å². The minimum atomic E-state index is -0.229. The van der Waals surface area contributed by atoms with Gasteiger partial charge in [0.25, 0.3) is 5.91 Å². The molecule has 1 heterocycles. The molecule has 2 N–H and O–H groups in total. The zero-order valence-corrected chi connectivity index (χ0v) is 17.9. The number of nitrogens with zero attached hydrogens (tertiary/aromatic N) is 3. The summed E-state index contributed by atoms with van der Waals surface area (Å²) in [5.74, 6) is 0.101. The Morgan fingerprint density at radius 2 is 1.53 bits per heavy atom. The Bertz CT molecular complexity index is 1200. The summed E-state index contributed by atoms with van der Waals surface area (Å²) in [6.07, 6.45) is 2.11. The average Bonchev–Trinajstić information content (AvgIpc) is 3.58. The number of aromatic nitrogens is 3. The maximum absolute atomic E-state index is 13.0. The van der Waals surface area contributed by atoms with Crippen molar-refractivity contribution < 1.29 is 4.79 Å². The van der Waals surface area contributed by atoms with Crippen LogP contribution < -0.4 is 10.6 Å². The molecular formula is C26H25N5O. The van der Waals surface area contributed by atoms with Gasteiger partial charge in [0.05, 0.1) is 11.4 Å². The van der Waals surface area contributed by atoms with Gasteiger partial charge in [-0.1, -0.05) is 53.7 Å². The predicted octanol–water partition coefficient (Wildman–Crippen LogP) is 5.57. The van der Waals surface area contributed by atoms with E-state index in [1.165, 1.54) is 5.56 Å². The molecule has 0 spiro atoms. The van der Waals surface area contributed by atoms with Crippen molar-refractivity contribution in [1.29, 1.82) is 0 Å². The standard InChI is InChI=1S/C26H25N5O/c1-18(19-8-4-2-5-9-19)27-21-14-16-22(17-15-21)28-26(32)24-25(20-12-13-20)31(30-29-24)23-10-6-3-7-11-23/h2-11,14-18,20,27H,12-13H2,1H3,(H,28,32). The molecule has 1 aromatic heterocycles. The number of hydrogen-bond acceptors (Lipinski definition) is 4. The molecule has 6 heteroatoms. The minimum absolute atomic E-state index is 0.186. The van der Waals surface area contributed by atoms with Crippen LogP contribution >= 0.6 is 0 Å². The van der Waals surface area contributed by atoms with Crippen LogP contribution in [0.25, 0.3) is 5.69 Å². The van der Waals surface area contributed by atoms with Crippen LogP contribution in [0.2, 0.25) is 0 Å². The molecule has 0 radical (unpaired) electrons. The van der Waals surface area contributed by atoms with Gasteiger partial charge in [0.15, 0.2) is 5.69 Å². The lowest BCUT2D eigenvalue weighted by atomic mass is 10.1. The largest absolute Gasteiger partial charge is 0.379 e. The highest BCUT2D eigenvalue weighted by molar-refractivity contribution is 6.03. The number of anilines is 2. The normalized spacial score (nSPS) is 14.0. The smallest absolute Gasteiger partial charge is 0.278 e. The van der Waals surface area contributed by atoms with Crippen LogP contribution in [0, 0.1) is 0 Å². The predicted molar refractivity (Wildman–Crippen MR) is 126 cm³/mol. The van der Waals surface area contributed by atoms with E-state index in [1.807, 2.05) is 72.8 Å². The number of carbonyl (C=O) groups is 1. The molecule has 5 rings (SSSR count). The molecule has 1 amide bonds. The highest BCUT2D eigenvalue weighted by Gasteiger charge is 2.34. The second-order valence-electron chi connectivity index (χ2n) is 8.15. The number of benzene rings is 3. The molecule has 4 aromatic rings. The maximum atomic E-state index is 13.0. The lowest BCUT2D eigenvalue weighted by molar-refractivity contribution is 0.102. The van der Waals surface area contributed by atoms with Crippen molar-refractivity contribution in [3.05, 3.63) is 102 Å². The summed E-state index contributed by atoms with van der Waals surface area (Å²) in [5.41, 5.74) is 5.15. The van der Waals surface area contributed by atoms with Gasteiger partial charge in [0.1, 0.15) is 0 Å². The molecule has 1 unspecified atom stereocenters. The van der Waals surface area contributed by atoms with E-state index < -0.39 is 0 Å². The van der Waals surface area contributed by atoms with Crippen LogP contribution in [0.1, 0.15) is 53.5 Å². The summed E-state index contributed by atoms with van der Waals surface area (Å²) in [6.45, 7) is 2.13. The van der Waals surface area contributed by atoms with Crippen LogP contribution in [-0.2, 0) is 0 Å². The Kier molecular flexibility index (Phi) is 5.42. The third kappa shape index (κ3) is 4.25. The molecule has 160 valence electrons. The van der Waals surface area contributed by atoms with E-state index in [1.54, 1.807) is 4.68 Å². The number of carbonyl (C=O) groups excluding carboxylic acids is 1. The lowest BCUT2D eigenvalue weighted by Gasteiger charge is -2.16. The third-order valence-corrected chi connectivity index (χ3v) is 5.71. The van der Waals surface area contributed by atoms with E-state index >= 15 is 0 Å².